The van der Waals surface area contributed by atoms with Gasteiger partial charge in [0.1, 0.15) is 11.5 Å². The molecule has 21 heavy (non-hydrogen) atoms. The fourth-order valence-corrected chi connectivity index (χ4v) is 1.60. The molecule has 0 aromatic heterocycles. The first-order valence-electron chi connectivity index (χ1n) is 6.61. The lowest BCUT2D eigenvalue weighted by Gasteiger charge is -2.11. The van der Waals surface area contributed by atoms with Crippen molar-refractivity contribution >= 4 is 11.9 Å². The van der Waals surface area contributed by atoms with Gasteiger partial charge in [0.25, 0.3) is 0 Å². The number of benzene rings is 2. The van der Waals surface area contributed by atoms with Crippen molar-refractivity contribution in [1.82, 2.24) is 0 Å². The predicted octanol–water partition coefficient (Wildman–Crippen LogP) is 3.14. The second-order valence-corrected chi connectivity index (χ2v) is 4.69. The van der Waals surface area contributed by atoms with Crippen molar-refractivity contribution in [1.29, 1.82) is 0 Å². The van der Waals surface area contributed by atoms with E-state index in [9.17, 15) is 9.59 Å². The highest BCUT2D eigenvalue weighted by Crippen LogP contribution is 2.15. The van der Waals surface area contributed by atoms with E-state index in [0.717, 1.165) is 5.56 Å². The summed E-state index contributed by atoms with van der Waals surface area (Å²) in [6.07, 6.45) is 0. The molecule has 2 aromatic rings. The van der Waals surface area contributed by atoms with Gasteiger partial charge in [0, 0.05) is 0 Å². The first kappa shape index (κ1) is 14.8. The van der Waals surface area contributed by atoms with Crippen LogP contribution in [0.15, 0.2) is 54.6 Å². The molecule has 0 aliphatic heterocycles. The van der Waals surface area contributed by atoms with Crippen molar-refractivity contribution in [3.05, 3.63) is 60.2 Å². The van der Waals surface area contributed by atoms with Crippen LogP contribution in [0.4, 0.5) is 0 Å². The molecular formula is C17H16O4. The van der Waals surface area contributed by atoms with Crippen molar-refractivity contribution in [2.75, 3.05) is 0 Å². The molecule has 1 atom stereocenters. The van der Waals surface area contributed by atoms with Gasteiger partial charge >= 0.3 is 11.9 Å². The van der Waals surface area contributed by atoms with Crippen LogP contribution in [0.5, 0.6) is 11.5 Å². The fraction of sp³-hybridized carbons (Fsp3) is 0.176. The van der Waals surface area contributed by atoms with Gasteiger partial charge < -0.3 is 9.47 Å². The summed E-state index contributed by atoms with van der Waals surface area (Å²) in [5, 5.41) is 0. The van der Waals surface area contributed by atoms with Crippen LogP contribution in [-0.4, -0.2) is 11.9 Å². The Bertz CT molecular complexity index is 617. The van der Waals surface area contributed by atoms with E-state index >= 15 is 0 Å². The molecule has 0 aliphatic carbocycles. The van der Waals surface area contributed by atoms with Gasteiger partial charge in [0.15, 0.2) is 5.92 Å². The van der Waals surface area contributed by atoms with E-state index in [4.69, 9.17) is 9.47 Å². The molecule has 0 spiro atoms. The number of carbonyl (C=O) groups is 2. The van der Waals surface area contributed by atoms with E-state index in [1.54, 1.807) is 36.4 Å². The summed E-state index contributed by atoms with van der Waals surface area (Å²) in [7, 11) is 0. The normalized spacial score (nSPS) is 11.5. The highest BCUT2D eigenvalue weighted by atomic mass is 16.6. The quantitative estimate of drug-likeness (QED) is 0.491. The van der Waals surface area contributed by atoms with Gasteiger partial charge in [0.05, 0.1) is 0 Å². The Morgan fingerprint density at radius 3 is 1.81 bits per heavy atom. The summed E-state index contributed by atoms with van der Waals surface area (Å²) < 4.78 is 10.3. The number of carbonyl (C=O) groups excluding carboxylic acids is 2. The molecule has 0 aliphatic rings. The Morgan fingerprint density at radius 1 is 0.810 bits per heavy atom. The first-order chi connectivity index (χ1) is 10.1. The molecule has 2 aromatic carbocycles. The lowest BCUT2D eigenvalue weighted by Crippen LogP contribution is -2.29. The van der Waals surface area contributed by atoms with E-state index in [2.05, 4.69) is 0 Å². The van der Waals surface area contributed by atoms with Crippen molar-refractivity contribution in [2.24, 2.45) is 5.92 Å². The standard InChI is InChI=1S/C17H16O4/c1-12-8-10-15(11-9-12)21-17(19)13(2)16(18)20-14-6-4-3-5-7-14/h3-11,13H,1-2H3. The van der Waals surface area contributed by atoms with E-state index in [0.29, 0.717) is 11.5 Å². The van der Waals surface area contributed by atoms with Crippen LogP contribution < -0.4 is 9.47 Å². The summed E-state index contributed by atoms with van der Waals surface area (Å²) >= 11 is 0. The third-order valence-corrected chi connectivity index (χ3v) is 2.91. The molecule has 0 saturated heterocycles. The number of aryl methyl sites for hydroxylation is 1. The lowest BCUT2D eigenvalue weighted by atomic mass is 10.2. The third kappa shape index (κ3) is 4.18. The topological polar surface area (TPSA) is 52.6 Å². The molecule has 0 N–H and O–H groups in total. The molecule has 4 nitrogen and oxygen atoms in total. The van der Waals surface area contributed by atoms with E-state index in [1.165, 1.54) is 6.92 Å². The lowest BCUT2D eigenvalue weighted by molar-refractivity contribution is -0.150. The Morgan fingerprint density at radius 2 is 1.29 bits per heavy atom. The first-order valence-corrected chi connectivity index (χ1v) is 6.61. The maximum absolute atomic E-state index is 11.9. The fourth-order valence-electron chi connectivity index (χ4n) is 1.60. The molecule has 2 rings (SSSR count). The third-order valence-electron chi connectivity index (χ3n) is 2.91. The monoisotopic (exact) mass is 284 g/mol. The predicted molar refractivity (Wildman–Crippen MR) is 78.1 cm³/mol. The van der Waals surface area contributed by atoms with Gasteiger partial charge in [-0.1, -0.05) is 35.9 Å². The van der Waals surface area contributed by atoms with Crippen LogP contribution in [0.1, 0.15) is 12.5 Å². The van der Waals surface area contributed by atoms with Crippen LogP contribution in [-0.2, 0) is 9.59 Å². The zero-order chi connectivity index (χ0) is 15.2. The number of esters is 2. The molecule has 0 saturated carbocycles. The van der Waals surface area contributed by atoms with Crippen molar-refractivity contribution in [2.45, 2.75) is 13.8 Å². The van der Waals surface area contributed by atoms with Crippen molar-refractivity contribution in [3.8, 4) is 11.5 Å². The second-order valence-electron chi connectivity index (χ2n) is 4.69. The van der Waals surface area contributed by atoms with Gasteiger partial charge in [-0.2, -0.15) is 0 Å². The molecule has 108 valence electrons. The summed E-state index contributed by atoms with van der Waals surface area (Å²) in [5.74, 6) is -1.47. The molecular weight excluding hydrogens is 268 g/mol. The van der Waals surface area contributed by atoms with E-state index in [1.807, 2.05) is 25.1 Å². The van der Waals surface area contributed by atoms with Crippen LogP contribution in [0.25, 0.3) is 0 Å². The molecule has 0 fully saturated rings. The summed E-state index contributed by atoms with van der Waals surface area (Å²) in [6.45, 7) is 3.40. The number of hydrogen-bond donors (Lipinski definition) is 0. The Kier molecular flexibility index (Phi) is 4.72. The number of ether oxygens (including phenoxy) is 2. The van der Waals surface area contributed by atoms with Gasteiger partial charge in [-0.15, -0.1) is 0 Å². The van der Waals surface area contributed by atoms with Gasteiger partial charge in [-0.05, 0) is 38.1 Å². The number of hydrogen-bond acceptors (Lipinski definition) is 4. The maximum atomic E-state index is 11.9. The summed E-state index contributed by atoms with van der Waals surface area (Å²) in [4.78, 5) is 23.8. The molecule has 0 bridgehead atoms. The summed E-state index contributed by atoms with van der Waals surface area (Å²) in [5.41, 5.74) is 1.06. The van der Waals surface area contributed by atoms with Gasteiger partial charge in [0.2, 0.25) is 0 Å². The highest BCUT2D eigenvalue weighted by Gasteiger charge is 2.25. The maximum Gasteiger partial charge on any atom is 0.325 e. The minimum absolute atomic E-state index is 0.400. The van der Waals surface area contributed by atoms with Crippen LogP contribution >= 0.6 is 0 Å². The van der Waals surface area contributed by atoms with E-state index < -0.39 is 17.9 Å². The Hall–Kier alpha value is -2.62. The smallest absolute Gasteiger partial charge is 0.325 e. The molecule has 1 unspecified atom stereocenters. The average molecular weight is 284 g/mol. The largest absolute Gasteiger partial charge is 0.426 e. The number of rotatable bonds is 4. The Labute approximate surface area is 123 Å². The van der Waals surface area contributed by atoms with Crippen molar-refractivity contribution in [3.63, 3.8) is 0 Å². The van der Waals surface area contributed by atoms with Crippen LogP contribution in [0.3, 0.4) is 0 Å². The molecule has 0 amide bonds. The van der Waals surface area contributed by atoms with Crippen molar-refractivity contribution < 1.29 is 19.1 Å². The van der Waals surface area contributed by atoms with E-state index in [-0.39, 0.29) is 0 Å². The highest BCUT2D eigenvalue weighted by molar-refractivity contribution is 5.96. The minimum Gasteiger partial charge on any atom is -0.426 e. The zero-order valence-corrected chi connectivity index (χ0v) is 11.9. The molecule has 0 heterocycles. The average Bonchev–Trinajstić information content (AvgIpc) is 2.49. The summed E-state index contributed by atoms with van der Waals surface area (Å²) in [6, 6.07) is 15.6. The van der Waals surface area contributed by atoms with Crippen LogP contribution in [0, 0.1) is 12.8 Å². The Balaban J connectivity index is 1.95. The molecule has 0 radical (unpaired) electrons. The second kappa shape index (κ2) is 6.70. The molecule has 4 heteroatoms. The zero-order valence-electron chi connectivity index (χ0n) is 11.9. The number of para-hydroxylation sites is 1. The SMILES string of the molecule is Cc1ccc(OC(=O)C(C)C(=O)Oc2ccccc2)cc1. The minimum atomic E-state index is -0.994. The van der Waals surface area contributed by atoms with Gasteiger partial charge in [-0.25, -0.2) is 0 Å². The van der Waals surface area contributed by atoms with Gasteiger partial charge in [-0.3, -0.25) is 9.59 Å². The van der Waals surface area contributed by atoms with Crippen LogP contribution in [0.2, 0.25) is 0 Å².